The second-order valence-electron chi connectivity index (χ2n) is 4.15. The van der Waals surface area contributed by atoms with E-state index in [4.69, 9.17) is 16.0 Å². The molecule has 0 aliphatic rings. The first-order chi connectivity index (χ1) is 8.15. The number of rotatable bonds is 4. The van der Waals surface area contributed by atoms with Crippen LogP contribution in [0.5, 0.6) is 0 Å². The Labute approximate surface area is 106 Å². The molecule has 0 spiro atoms. The molecule has 2 heterocycles. The van der Waals surface area contributed by atoms with Crippen molar-refractivity contribution in [1.29, 1.82) is 0 Å². The van der Waals surface area contributed by atoms with Crippen LogP contribution in [-0.4, -0.2) is 16.8 Å². The molecule has 2 aromatic heterocycles. The minimum absolute atomic E-state index is 0.0811. The quantitative estimate of drug-likeness (QED) is 0.911. The maximum absolute atomic E-state index is 6.21. The van der Waals surface area contributed by atoms with Crippen LogP contribution in [0, 0.1) is 0 Å². The van der Waals surface area contributed by atoms with Gasteiger partial charge < -0.3 is 9.73 Å². The topological polar surface area (TPSA) is 43.0 Å². The fourth-order valence-corrected chi connectivity index (χ4v) is 2.14. The van der Waals surface area contributed by atoms with Gasteiger partial charge in [-0.15, -0.1) is 0 Å². The summed E-state index contributed by atoms with van der Waals surface area (Å²) in [5.74, 6) is 0.830. The van der Waals surface area contributed by atoms with Crippen molar-refractivity contribution < 1.29 is 4.42 Å². The third-order valence-corrected chi connectivity index (χ3v) is 2.96. The molecule has 0 amide bonds. The second kappa shape index (κ2) is 4.94. The lowest BCUT2D eigenvalue weighted by Gasteiger charge is -2.18. The first-order valence-corrected chi connectivity index (χ1v) is 5.96. The van der Waals surface area contributed by atoms with E-state index in [1.807, 2.05) is 23.9 Å². The number of nitrogens with one attached hydrogen (secondary N) is 1. The fraction of sp³-hybridized carbons (Fsp3) is 0.417. The summed E-state index contributed by atoms with van der Waals surface area (Å²) in [4.78, 5) is 0. The van der Waals surface area contributed by atoms with Crippen molar-refractivity contribution in [2.45, 2.75) is 25.9 Å². The van der Waals surface area contributed by atoms with E-state index < -0.39 is 0 Å². The molecule has 92 valence electrons. The standard InChI is InChI=1S/C12H16ClN3O/c1-8(2)16-12(9(13)7-15-16)11(14-3)10-5-4-6-17-10/h4-8,11,14H,1-3H3. The third-order valence-electron chi connectivity index (χ3n) is 2.67. The van der Waals surface area contributed by atoms with Crippen molar-refractivity contribution in [3.8, 4) is 0 Å². The fourth-order valence-electron chi connectivity index (χ4n) is 1.90. The molecule has 1 unspecified atom stereocenters. The zero-order valence-electron chi connectivity index (χ0n) is 10.1. The minimum atomic E-state index is -0.0811. The van der Waals surface area contributed by atoms with E-state index in [0.29, 0.717) is 5.02 Å². The normalized spacial score (nSPS) is 13.2. The zero-order chi connectivity index (χ0) is 12.4. The molecule has 0 bridgehead atoms. The van der Waals surface area contributed by atoms with Crippen LogP contribution in [0.15, 0.2) is 29.0 Å². The summed E-state index contributed by atoms with van der Waals surface area (Å²) in [6.07, 6.45) is 3.33. The number of aromatic nitrogens is 2. The van der Waals surface area contributed by atoms with Crippen LogP contribution >= 0.6 is 11.6 Å². The maximum Gasteiger partial charge on any atom is 0.126 e. The molecule has 0 fully saturated rings. The molecular formula is C12H16ClN3O. The van der Waals surface area contributed by atoms with Gasteiger partial charge in [0, 0.05) is 6.04 Å². The summed E-state index contributed by atoms with van der Waals surface area (Å²) in [6, 6.07) is 3.96. The molecule has 0 radical (unpaired) electrons. The third kappa shape index (κ3) is 2.23. The molecule has 0 aliphatic carbocycles. The van der Waals surface area contributed by atoms with Gasteiger partial charge in [-0.25, -0.2) is 0 Å². The summed E-state index contributed by atoms with van der Waals surface area (Å²) >= 11 is 6.21. The van der Waals surface area contributed by atoms with Crippen molar-refractivity contribution in [2.75, 3.05) is 7.05 Å². The lowest BCUT2D eigenvalue weighted by Crippen LogP contribution is -2.22. The van der Waals surface area contributed by atoms with Gasteiger partial charge >= 0.3 is 0 Å². The highest BCUT2D eigenvalue weighted by Crippen LogP contribution is 2.30. The van der Waals surface area contributed by atoms with Gasteiger partial charge in [0.25, 0.3) is 0 Å². The Bertz CT molecular complexity index is 476. The van der Waals surface area contributed by atoms with Crippen molar-refractivity contribution in [2.24, 2.45) is 0 Å². The number of hydrogen-bond donors (Lipinski definition) is 1. The molecule has 0 aliphatic heterocycles. The summed E-state index contributed by atoms with van der Waals surface area (Å²) < 4.78 is 7.35. The van der Waals surface area contributed by atoms with Crippen LogP contribution in [0.2, 0.25) is 5.02 Å². The lowest BCUT2D eigenvalue weighted by atomic mass is 10.1. The first-order valence-electron chi connectivity index (χ1n) is 5.58. The van der Waals surface area contributed by atoms with Crippen LogP contribution in [-0.2, 0) is 0 Å². The first kappa shape index (κ1) is 12.2. The molecule has 4 nitrogen and oxygen atoms in total. The summed E-state index contributed by atoms with van der Waals surface area (Å²) in [7, 11) is 1.88. The van der Waals surface area contributed by atoms with Gasteiger partial charge in [-0.3, -0.25) is 4.68 Å². The Morgan fingerprint density at radius 1 is 1.47 bits per heavy atom. The monoisotopic (exact) mass is 253 g/mol. The zero-order valence-corrected chi connectivity index (χ0v) is 10.9. The Kier molecular flexibility index (Phi) is 3.54. The van der Waals surface area contributed by atoms with E-state index in [9.17, 15) is 0 Å². The average Bonchev–Trinajstić information content (AvgIpc) is 2.91. The van der Waals surface area contributed by atoms with Gasteiger partial charge in [0.2, 0.25) is 0 Å². The molecule has 5 heteroatoms. The van der Waals surface area contributed by atoms with Gasteiger partial charge in [0.1, 0.15) is 11.8 Å². The highest BCUT2D eigenvalue weighted by Gasteiger charge is 2.23. The molecule has 0 saturated carbocycles. The highest BCUT2D eigenvalue weighted by molar-refractivity contribution is 6.31. The largest absolute Gasteiger partial charge is 0.467 e. The molecule has 0 saturated heterocycles. The van der Waals surface area contributed by atoms with Gasteiger partial charge in [-0.2, -0.15) is 5.10 Å². The molecule has 1 atom stereocenters. The molecule has 2 aromatic rings. The predicted octanol–water partition coefficient (Wildman–Crippen LogP) is 3.02. The highest BCUT2D eigenvalue weighted by atomic mass is 35.5. The van der Waals surface area contributed by atoms with Crippen molar-refractivity contribution in [1.82, 2.24) is 15.1 Å². The van der Waals surface area contributed by atoms with Gasteiger partial charge in [0.05, 0.1) is 23.2 Å². The van der Waals surface area contributed by atoms with E-state index in [-0.39, 0.29) is 12.1 Å². The van der Waals surface area contributed by atoms with E-state index in [1.54, 1.807) is 12.5 Å². The van der Waals surface area contributed by atoms with Crippen LogP contribution < -0.4 is 5.32 Å². The number of halogens is 1. The van der Waals surface area contributed by atoms with Crippen molar-refractivity contribution in [3.05, 3.63) is 41.1 Å². The average molecular weight is 254 g/mol. The maximum atomic E-state index is 6.21. The summed E-state index contributed by atoms with van der Waals surface area (Å²) in [5.41, 5.74) is 0.930. The molecule has 1 N–H and O–H groups in total. The van der Waals surface area contributed by atoms with Crippen LogP contribution in [0.4, 0.5) is 0 Å². The minimum Gasteiger partial charge on any atom is -0.467 e. The predicted molar refractivity (Wildman–Crippen MR) is 67.2 cm³/mol. The second-order valence-corrected chi connectivity index (χ2v) is 4.56. The SMILES string of the molecule is CNC(c1ccco1)c1c(Cl)cnn1C(C)C. The van der Waals surface area contributed by atoms with Crippen LogP contribution in [0.25, 0.3) is 0 Å². The number of nitrogens with zero attached hydrogens (tertiary/aromatic N) is 2. The Morgan fingerprint density at radius 3 is 2.76 bits per heavy atom. The number of furan rings is 1. The smallest absolute Gasteiger partial charge is 0.126 e. The van der Waals surface area contributed by atoms with Crippen molar-refractivity contribution in [3.63, 3.8) is 0 Å². The Morgan fingerprint density at radius 2 is 2.24 bits per heavy atom. The van der Waals surface area contributed by atoms with E-state index in [1.165, 1.54) is 0 Å². The molecule has 0 aromatic carbocycles. The lowest BCUT2D eigenvalue weighted by molar-refractivity contribution is 0.426. The summed E-state index contributed by atoms with van der Waals surface area (Å²) in [6.45, 7) is 4.14. The van der Waals surface area contributed by atoms with E-state index in [0.717, 1.165) is 11.5 Å². The summed E-state index contributed by atoms with van der Waals surface area (Å²) in [5, 5.41) is 8.15. The van der Waals surface area contributed by atoms with Gasteiger partial charge in [-0.05, 0) is 33.0 Å². The molecular weight excluding hydrogens is 238 g/mol. The molecule has 2 rings (SSSR count). The molecule has 17 heavy (non-hydrogen) atoms. The van der Waals surface area contributed by atoms with Gasteiger partial charge in [-0.1, -0.05) is 11.6 Å². The van der Waals surface area contributed by atoms with Crippen molar-refractivity contribution >= 4 is 11.6 Å². The van der Waals surface area contributed by atoms with Crippen LogP contribution in [0.1, 0.15) is 37.4 Å². The Balaban J connectivity index is 2.47. The number of hydrogen-bond acceptors (Lipinski definition) is 3. The van der Waals surface area contributed by atoms with E-state index >= 15 is 0 Å². The van der Waals surface area contributed by atoms with Gasteiger partial charge in [0.15, 0.2) is 0 Å². The van der Waals surface area contributed by atoms with Crippen LogP contribution in [0.3, 0.4) is 0 Å². The Hall–Kier alpha value is -1.26. The van der Waals surface area contributed by atoms with E-state index in [2.05, 4.69) is 24.3 Å².